The summed E-state index contributed by atoms with van der Waals surface area (Å²) in [7, 11) is -7.65. The van der Waals surface area contributed by atoms with Gasteiger partial charge in [0.15, 0.2) is 5.84 Å². The molecule has 2 aliphatic heterocycles. The lowest BCUT2D eigenvalue weighted by Crippen LogP contribution is -2.34. The van der Waals surface area contributed by atoms with Gasteiger partial charge in [0.25, 0.3) is 5.56 Å². The number of nitrogens with zero attached hydrogens (tertiary/aromatic N) is 4. The predicted molar refractivity (Wildman–Crippen MR) is 148 cm³/mol. The predicted octanol–water partition coefficient (Wildman–Crippen LogP) is 3.80. The van der Waals surface area contributed by atoms with Gasteiger partial charge >= 0.3 is 10.2 Å². The first-order valence-corrected chi connectivity index (χ1v) is 15.2. The van der Waals surface area contributed by atoms with Gasteiger partial charge < -0.3 is 10.4 Å². The highest BCUT2D eigenvalue weighted by atomic mass is 32.3. The van der Waals surface area contributed by atoms with Crippen molar-refractivity contribution in [1.29, 1.82) is 0 Å². The number of anilines is 2. The van der Waals surface area contributed by atoms with Gasteiger partial charge in [-0.2, -0.15) is 12.7 Å². The van der Waals surface area contributed by atoms with Gasteiger partial charge in [0.1, 0.15) is 21.9 Å². The number of fused-ring (bicyclic) bond motifs is 2. The fraction of sp³-hybridized carbons (Fsp3) is 0.375. The summed E-state index contributed by atoms with van der Waals surface area (Å²) < 4.78 is 56.5. The minimum Gasteiger partial charge on any atom is -0.506 e. The van der Waals surface area contributed by atoms with Gasteiger partial charge in [-0.05, 0) is 55.5 Å². The zero-order valence-electron chi connectivity index (χ0n) is 21.0. The Hall–Kier alpha value is -3.17. The maximum Gasteiger partial charge on any atom is 0.301 e. The maximum absolute atomic E-state index is 13.6. The largest absolute Gasteiger partial charge is 0.506 e. The Kier molecular flexibility index (Phi) is 6.86. The highest BCUT2D eigenvalue weighted by molar-refractivity contribution is 8.23. The molecule has 0 atom stereocenters. The highest BCUT2D eigenvalue weighted by Gasteiger charge is 2.32. The summed E-state index contributed by atoms with van der Waals surface area (Å²) in [4.78, 5) is 17.8. The van der Waals surface area contributed by atoms with Crippen LogP contribution in [0.2, 0.25) is 0 Å². The summed E-state index contributed by atoms with van der Waals surface area (Å²) in [6.07, 6.45) is 3.78. The molecule has 0 spiro atoms. The van der Waals surface area contributed by atoms with E-state index in [0.717, 1.165) is 12.8 Å². The Morgan fingerprint density at radius 3 is 2.63 bits per heavy atom. The monoisotopic (exact) mass is 562 g/mol. The van der Waals surface area contributed by atoms with E-state index in [4.69, 9.17) is 0 Å². The van der Waals surface area contributed by atoms with Gasteiger partial charge in [-0.15, -0.1) is 4.40 Å². The van der Waals surface area contributed by atoms with Crippen molar-refractivity contribution in [1.82, 2.24) is 13.9 Å². The van der Waals surface area contributed by atoms with Crippen LogP contribution < -0.4 is 15.6 Å². The molecule has 0 saturated carbocycles. The van der Waals surface area contributed by atoms with E-state index in [2.05, 4.69) is 19.4 Å². The van der Waals surface area contributed by atoms with Crippen LogP contribution in [-0.2, 0) is 16.8 Å². The standard InChI is InChI=1S/C24H30N6O6S2/c1-15(2)9-13-30-23-17(6-5-10-25-23)21(31)20(24(30)32)22-26-18-8-7-16(14-19(18)37(33,34)28-22)27-38(35,36)29-11-3-4-12-29/h5-8,10,14-15,27,31,33-34H,3-4,9,11-13H2,1-2H3,(H,26,28). The molecule has 1 aromatic carbocycles. The fourth-order valence-corrected chi connectivity index (χ4v) is 7.05. The van der Waals surface area contributed by atoms with Crippen LogP contribution in [0.25, 0.3) is 11.0 Å². The quantitative estimate of drug-likeness (QED) is 0.290. The second kappa shape index (κ2) is 9.85. The van der Waals surface area contributed by atoms with Crippen molar-refractivity contribution in [2.75, 3.05) is 23.1 Å². The molecule has 1 saturated heterocycles. The van der Waals surface area contributed by atoms with Crippen LogP contribution in [-0.4, -0.2) is 55.4 Å². The van der Waals surface area contributed by atoms with Crippen LogP contribution in [0.3, 0.4) is 0 Å². The Bertz CT molecular complexity index is 1600. The van der Waals surface area contributed by atoms with Crippen molar-refractivity contribution in [3.63, 3.8) is 0 Å². The third-order valence-electron chi connectivity index (χ3n) is 6.56. The first-order valence-electron chi connectivity index (χ1n) is 12.3. The summed E-state index contributed by atoms with van der Waals surface area (Å²) in [5, 5.41) is 14.3. The van der Waals surface area contributed by atoms with Gasteiger partial charge in [0.05, 0.1) is 16.8 Å². The van der Waals surface area contributed by atoms with E-state index in [1.165, 1.54) is 33.3 Å². The molecule has 2 aromatic heterocycles. The molecule has 0 aliphatic carbocycles. The molecule has 38 heavy (non-hydrogen) atoms. The average Bonchev–Trinajstić information content (AvgIpc) is 3.40. The number of hydrogen-bond donors (Lipinski definition) is 5. The molecule has 2 aliphatic rings. The zero-order valence-corrected chi connectivity index (χ0v) is 22.6. The third-order valence-corrected chi connectivity index (χ3v) is 9.46. The Balaban J connectivity index is 1.55. The van der Waals surface area contributed by atoms with E-state index in [9.17, 15) is 27.4 Å². The van der Waals surface area contributed by atoms with Crippen molar-refractivity contribution < 1.29 is 22.6 Å². The summed E-state index contributed by atoms with van der Waals surface area (Å²) in [5.74, 6) is -0.271. The molecular weight excluding hydrogens is 532 g/mol. The van der Waals surface area contributed by atoms with E-state index in [-0.39, 0.29) is 33.4 Å². The first kappa shape index (κ1) is 26.4. The average molecular weight is 563 g/mol. The summed E-state index contributed by atoms with van der Waals surface area (Å²) >= 11 is 0. The highest BCUT2D eigenvalue weighted by Crippen LogP contribution is 2.56. The van der Waals surface area contributed by atoms with Crippen LogP contribution in [0.1, 0.15) is 38.7 Å². The van der Waals surface area contributed by atoms with Gasteiger partial charge in [-0.25, -0.2) is 4.98 Å². The summed E-state index contributed by atoms with van der Waals surface area (Å²) in [6.45, 7) is 5.24. The van der Waals surface area contributed by atoms with Gasteiger partial charge in [-0.1, -0.05) is 24.6 Å². The van der Waals surface area contributed by atoms with Crippen LogP contribution >= 0.6 is 10.8 Å². The maximum atomic E-state index is 13.6. The summed E-state index contributed by atoms with van der Waals surface area (Å²) in [6, 6.07) is 7.50. The number of hydrogen-bond acceptors (Lipinski definition) is 9. The summed E-state index contributed by atoms with van der Waals surface area (Å²) in [5.41, 5.74) is -0.102. The number of benzene rings is 1. The lowest BCUT2D eigenvalue weighted by atomic mass is 10.1. The lowest BCUT2D eigenvalue weighted by Gasteiger charge is -2.34. The van der Waals surface area contributed by atoms with Gasteiger partial charge in [0.2, 0.25) is 0 Å². The SMILES string of the molecule is CC(C)CCn1c(=O)c(C2=NS(O)(O)c3cc(NS(=O)(=O)N4CCCC4)ccc3N2)c(O)c2cccnc21. The number of aromatic hydroxyl groups is 1. The van der Waals surface area contributed by atoms with Crippen molar-refractivity contribution in [2.24, 2.45) is 10.3 Å². The van der Waals surface area contributed by atoms with E-state index >= 15 is 0 Å². The van der Waals surface area contributed by atoms with Crippen LogP contribution in [0.15, 0.2) is 50.6 Å². The molecule has 5 rings (SSSR count). The van der Waals surface area contributed by atoms with Crippen LogP contribution in [0.5, 0.6) is 5.75 Å². The topological polar surface area (TPSA) is 169 Å². The second-order valence-electron chi connectivity index (χ2n) is 9.75. The minimum absolute atomic E-state index is 0.0371. The zero-order chi connectivity index (χ0) is 27.2. The van der Waals surface area contributed by atoms with Crippen molar-refractivity contribution in [3.8, 4) is 5.75 Å². The molecule has 0 amide bonds. The minimum atomic E-state index is -3.86. The Labute approximate surface area is 221 Å². The molecule has 0 unspecified atom stereocenters. The number of aryl methyl sites for hydroxylation is 1. The molecule has 12 nitrogen and oxygen atoms in total. The number of pyridine rings is 2. The molecule has 204 valence electrons. The first-order chi connectivity index (χ1) is 18.0. The Morgan fingerprint density at radius 2 is 1.92 bits per heavy atom. The van der Waals surface area contributed by atoms with Crippen LogP contribution in [0, 0.1) is 5.92 Å². The van der Waals surface area contributed by atoms with Gasteiger partial charge in [0, 0.05) is 25.8 Å². The third kappa shape index (κ3) is 4.85. The van der Waals surface area contributed by atoms with Crippen molar-refractivity contribution >= 4 is 49.2 Å². The molecule has 1 fully saturated rings. The van der Waals surface area contributed by atoms with E-state index < -0.39 is 26.5 Å². The Morgan fingerprint density at radius 1 is 1.18 bits per heavy atom. The van der Waals surface area contributed by atoms with Crippen molar-refractivity contribution in [3.05, 3.63) is 52.4 Å². The number of amidine groups is 1. The fourth-order valence-electron chi connectivity index (χ4n) is 4.56. The normalized spacial score (nSPS) is 18.2. The van der Waals surface area contributed by atoms with E-state index in [1.54, 1.807) is 12.1 Å². The molecule has 14 heteroatoms. The van der Waals surface area contributed by atoms with Crippen LogP contribution in [0.4, 0.5) is 11.4 Å². The molecule has 0 radical (unpaired) electrons. The number of nitrogens with one attached hydrogen (secondary N) is 2. The molecular formula is C24H30N6O6S2. The lowest BCUT2D eigenvalue weighted by molar-refractivity contribution is 0.473. The number of aromatic nitrogens is 2. The molecule has 4 heterocycles. The van der Waals surface area contributed by atoms with E-state index in [1.807, 2.05) is 13.8 Å². The number of rotatable bonds is 7. The smallest absolute Gasteiger partial charge is 0.301 e. The van der Waals surface area contributed by atoms with Crippen molar-refractivity contribution in [2.45, 2.75) is 44.6 Å². The molecule has 0 bridgehead atoms. The van der Waals surface area contributed by atoms with E-state index in [0.29, 0.717) is 43.0 Å². The second-order valence-corrected chi connectivity index (χ2v) is 13.1. The van der Waals surface area contributed by atoms with Gasteiger partial charge in [-0.3, -0.25) is 23.2 Å². The molecule has 3 aromatic rings. The molecule has 5 N–H and O–H groups in total.